The fourth-order valence-corrected chi connectivity index (χ4v) is 2.06. The van der Waals surface area contributed by atoms with E-state index < -0.39 is 0 Å². The lowest BCUT2D eigenvalue weighted by Crippen LogP contribution is -2.08. The summed E-state index contributed by atoms with van der Waals surface area (Å²) >= 11 is 0. The lowest BCUT2D eigenvalue weighted by molar-refractivity contribution is 0.517. The van der Waals surface area contributed by atoms with E-state index in [0.717, 1.165) is 5.76 Å². The van der Waals surface area contributed by atoms with Gasteiger partial charge in [0, 0.05) is 6.54 Å². The fourth-order valence-electron chi connectivity index (χ4n) is 2.06. The molecule has 3 rings (SSSR count). The highest BCUT2D eigenvalue weighted by atomic mass is 16.3. The van der Waals surface area contributed by atoms with Gasteiger partial charge in [0.25, 0.3) is 0 Å². The van der Waals surface area contributed by atoms with E-state index in [1.807, 2.05) is 18.2 Å². The minimum absolute atomic E-state index is 0.492. The minimum atomic E-state index is 0.492. The summed E-state index contributed by atoms with van der Waals surface area (Å²) in [4.78, 5) is 4.37. The Balaban J connectivity index is 1.59. The third kappa shape index (κ3) is 3.82. The number of nitrogens with zero attached hydrogens (tertiary/aromatic N) is 3. The number of anilines is 2. The van der Waals surface area contributed by atoms with Crippen molar-refractivity contribution in [2.75, 3.05) is 10.6 Å². The first kappa shape index (κ1) is 14.1. The van der Waals surface area contributed by atoms with Crippen molar-refractivity contribution in [3.05, 3.63) is 65.7 Å². The number of furan rings is 1. The number of hydrogen-bond donors (Lipinski definition) is 2. The van der Waals surface area contributed by atoms with Crippen molar-refractivity contribution >= 4 is 11.8 Å². The number of aromatic nitrogens is 3. The van der Waals surface area contributed by atoms with Crippen molar-refractivity contribution in [2.24, 2.45) is 0 Å². The second-order valence-corrected chi connectivity index (χ2v) is 4.94. The summed E-state index contributed by atoms with van der Waals surface area (Å²) in [5, 5.41) is 14.3. The van der Waals surface area contributed by atoms with Crippen LogP contribution in [0.25, 0.3) is 0 Å². The molecule has 112 valence electrons. The van der Waals surface area contributed by atoms with Crippen LogP contribution in [-0.4, -0.2) is 15.2 Å². The Morgan fingerprint density at radius 2 is 2.05 bits per heavy atom. The molecule has 3 aromatic rings. The van der Waals surface area contributed by atoms with Gasteiger partial charge in [-0.1, -0.05) is 29.8 Å². The lowest BCUT2D eigenvalue weighted by Gasteiger charge is -2.07. The van der Waals surface area contributed by atoms with E-state index in [1.54, 1.807) is 12.5 Å². The summed E-state index contributed by atoms with van der Waals surface area (Å²) in [6.45, 7) is 3.29. The Morgan fingerprint density at radius 1 is 1.09 bits per heavy atom. The van der Waals surface area contributed by atoms with Crippen molar-refractivity contribution in [3.8, 4) is 0 Å². The van der Waals surface area contributed by atoms with E-state index in [1.165, 1.54) is 11.1 Å². The summed E-state index contributed by atoms with van der Waals surface area (Å²) in [7, 11) is 0. The Bertz CT molecular complexity index is 727. The highest BCUT2D eigenvalue weighted by molar-refractivity contribution is 5.38. The zero-order chi connectivity index (χ0) is 15.2. The van der Waals surface area contributed by atoms with E-state index in [4.69, 9.17) is 4.42 Å². The molecule has 22 heavy (non-hydrogen) atoms. The molecule has 0 atom stereocenters. The van der Waals surface area contributed by atoms with Gasteiger partial charge in [0.05, 0.1) is 19.0 Å². The van der Waals surface area contributed by atoms with E-state index >= 15 is 0 Å². The van der Waals surface area contributed by atoms with Crippen LogP contribution >= 0.6 is 0 Å². The number of hydrogen-bond acceptors (Lipinski definition) is 6. The van der Waals surface area contributed by atoms with E-state index in [0.29, 0.717) is 24.9 Å². The number of rotatable bonds is 6. The van der Waals surface area contributed by atoms with Crippen LogP contribution in [0.1, 0.15) is 16.9 Å². The quantitative estimate of drug-likeness (QED) is 0.728. The molecule has 0 aliphatic rings. The van der Waals surface area contributed by atoms with Gasteiger partial charge in [0.2, 0.25) is 5.95 Å². The van der Waals surface area contributed by atoms with Crippen molar-refractivity contribution in [2.45, 2.75) is 20.0 Å². The monoisotopic (exact) mass is 295 g/mol. The molecule has 6 nitrogen and oxygen atoms in total. The molecule has 0 unspecified atom stereocenters. The summed E-state index contributed by atoms with van der Waals surface area (Å²) in [6, 6.07) is 12.0. The predicted molar refractivity (Wildman–Crippen MR) is 84.4 cm³/mol. The molecule has 0 spiro atoms. The third-order valence-corrected chi connectivity index (χ3v) is 3.12. The first-order valence-electron chi connectivity index (χ1n) is 7.05. The second kappa shape index (κ2) is 6.71. The molecule has 0 amide bonds. The van der Waals surface area contributed by atoms with Crippen LogP contribution in [0.4, 0.5) is 11.8 Å². The molecule has 6 heteroatoms. The van der Waals surface area contributed by atoms with Crippen molar-refractivity contribution < 1.29 is 4.42 Å². The number of aryl methyl sites for hydroxylation is 1. The van der Waals surface area contributed by atoms with Gasteiger partial charge in [0.15, 0.2) is 5.82 Å². The first-order valence-corrected chi connectivity index (χ1v) is 7.05. The Hall–Kier alpha value is -2.89. The highest BCUT2D eigenvalue weighted by Gasteiger charge is 2.02. The fraction of sp³-hybridized carbons (Fsp3) is 0.188. The van der Waals surface area contributed by atoms with Crippen LogP contribution in [0.3, 0.4) is 0 Å². The molecule has 0 fully saturated rings. The van der Waals surface area contributed by atoms with Gasteiger partial charge in [-0.3, -0.25) is 0 Å². The molecule has 0 aliphatic carbocycles. The van der Waals surface area contributed by atoms with E-state index in [9.17, 15) is 0 Å². The maximum atomic E-state index is 5.26. The van der Waals surface area contributed by atoms with Gasteiger partial charge in [-0.05, 0) is 24.6 Å². The molecule has 0 radical (unpaired) electrons. The zero-order valence-corrected chi connectivity index (χ0v) is 12.3. The van der Waals surface area contributed by atoms with Crippen LogP contribution in [0, 0.1) is 6.92 Å². The predicted octanol–water partition coefficient (Wildman–Crippen LogP) is 3.00. The van der Waals surface area contributed by atoms with Crippen LogP contribution in [0.5, 0.6) is 0 Å². The van der Waals surface area contributed by atoms with Gasteiger partial charge in [-0.25, -0.2) is 0 Å². The normalized spacial score (nSPS) is 10.4. The molecule has 1 aromatic carbocycles. The molecule has 0 aliphatic heterocycles. The summed E-state index contributed by atoms with van der Waals surface area (Å²) < 4.78 is 5.26. The standard InChI is InChI=1S/C16H17N5O/c1-12-4-2-5-13(8-12)9-18-16-20-15(11-19-21-16)17-10-14-6-3-7-22-14/h2-8,11H,9-10H2,1H3,(H2,17,18,20,21). The second-order valence-electron chi connectivity index (χ2n) is 4.94. The van der Waals surface area contributed by atoms with Gasteiger partial charge in [0.1, 0.15) is 5.76 Å². The summed E-state index contributed by atoms with van der Waals surface area (Å²) in [5.74, 6) is 1.98. The topological polar surface area (TPSA) is 75.9 Å². The molecule has 2 heterocycles. The van der Waals surface area contributed by atoms with Crippen LogP contribution in [0.2, 0.25) is 0 Å². The van der Waals surface area contributed by atoms with Crippen LogP contribution in [0.15, 0.2) is 53.3 Å². The van der Waals surface area contributed by atoms with Crippen molar-refractivity contribution in [1.82, 2.24) is 15.2 Å². The van der Waals surface area contributed by atoms with Crippen LogP contribution < -0.4 is 10.6 Å². The van der Waals surface area contributed by atoms with Gasteiger partial charge >= 0.3 is 0 Å². The molecule has 0 bridgehead atoms. The van der Waals surface area contributed by atoms with Gasteiger partial charge in [-0.15, -0.1) is 5.10 Å². The highest BCUT2D eigenvalue weighted by Crippen LogP contribution is 2.09. The Labute approximate surface area is 128 Å². The molecule has 0 saturated heterocycles. The summed E-state index contributed by atoms with van der Waals surface area (Å²) in [5.41, 5.74) is 2.41. The van der Waals surface area contributed by atoms with Crippen LogP contribution in [-0.2, 0) is 13.1 Å². The van der Waals surface area contributed by atoms with E-state index in [-0.39, 0.29) is 0 Å². The van der Waals surface area contributed by atoms with E-state index in [2.05, 4.69) is 50.9 Å². The summed E-state index contributed by atoms with van der Waals surface area (Å²) in [6.07, 6.45) is 3.23. The molecule has 2 N–H and O–H groups in total. The zero-order valence-electron chi connectivity index (χ0n) is 12.3. The molecule has 2 aromatic heterocycles. The maximum absolute atomic E-state index is 5.26. The first-order chi connectivity index (χ1) is 10.8. The van der Waals surface area contributed by atoms with Gasteiger partial charge in [-0.2, -0.15) is 10.1 Å². The molecular weight excluding hydrogens is 278 g/mol. The average Bonchev–Trinajstić information content (AvgIpc) is 3.05. The number of nitrogens with one attached hydrogen (secondary N) is 2. The maximum Gasteiger partial charge on any atom is 0.244 e. The average molecular weight is 295 g/mol. The van der Waals surface area contributed by atoms with Gasteiger partial charge < -0.3 is 15.1 Å². The SMILES string of the molecule is Cc1cccc(CNc2nncc(NCc3ccco3)n2)c1. The Kier molecular flexibility index (Phi) is 4.29. The lowest BCUT2D eigenvalue weighted by atomic mass is 10.1. The third-order valence-electron chi connectivity index (χ3n) is 3.12. The Morgan fingerprint density at radius 3 is 2.86 bits per heavy atom. The molecule has 0 saturated carbocycles. The molecular formula is C16H17N5O. The smallest absolute Gasteiger partial charge is 0.244 e. The van der Waals surface area contributed by atoms with Crippen molar-refractivity contribution in [1.29, 1.82) is 0 Å². The minimum Gasteiger partial charge on any atom is -0.467 e. The van der Waals surface area contributed by atoms with Crippen molar-refractivity contribution in [3.63, 3.8) is 0 Å². The number of benzene rings is 1. The largest absolute Gasteiger partial charge is 0.467 e.